The van der Waals surface area contributed by atoms with Gasteiger partial charge in [0, 0.05) is 20.5 Å². The molecule has 0 saturated carbocycles. The van der Waals surface area contributed by atoms with Crippen LogP contribution in [0.2, 0.25) is 0 Å². The molecule has 2 unspecified atom stereocenters. The van der Waals surface area contributed by atoms with Crippen molar-refractivity contribution in [3.63, 3.8) is 0 Å². The van der Waals surface area contributed by atoms with Gasteiger partial charge in [0.25, 0.3) is 0 Å². The second kappa shape index (κ2) is 6.00. The molecular weight excluding hydrogens is 156 g/mol. The van der Waals surface area contributed by atoms with Gasteiger partial charge >= 0.3 is 5.97 Å². The smallest absolute Gasteiger partial charge is 0.304 e. The maximum absolute atomic E-state index is 10.6. The van der Waals surface area contributed by atoms with Crippen LogP contribution in [0, 0.1) is 5.92 Å². The molecular formula is C9H18O3. The summed E-state index contributed by atoms with van der Waals surface area (Å²) < 4.78 is 9.90. The molecule has 0 bridgehead atoms. The van der Waals surface area contributed by atoms with Crippen LogP contribution in [0.25, 0.3) is 0 Å². The lowest BCUT2D eigenvalue weighted by atomic mass is 10.1. The predicted molar refractivity (Wildman–Crippen MR) is 46.6 cm³/mol. The minimum absolute atomic E-state index is 0.287. The van der Waals surface area contributed by atoms with Crippen molar-refractivity contribution in [2.75, 3.05) is 7.11 Å². The van der Waals surface area contributed by atoms with Gasteiger partial charge in [0.15, 0.2) is 0 Å². The summed E-state index contributed by atoms with van der Waals surface area (Å²) in [4.78, 5) is 10.6. The molecule has 0 spiro atoms. The van der Waals surface area contributed by atoms with E-state index in [-0.39, 0.29) is 12.3 Å². The maximum atomic E-state index is 10.6. The van der Waals surface area contributed by atoms with E-state index in [0.29, 0.717) is 5.92 Å². The molecule has 72 valence electrons. The third-order valence-corrected chi connectivity index (χ3v) is 1.85. The quantitative estimate of drug-likeness (QED) is 0.472. The Balaban J connectivity index is 3.74. The van der Waals surface area contributed by atoms with Gasteiger partial charge in [0.05, 0.1) is 0 Å². The number of esters is 1. The Bertz CT molecular complexity index is 134. The van der Waals surface area contributed by atoms with Gasteiger partial charge in [-0.05, 0) is 5.92 Å². The fourth-order valence-corrected chi connectivity index (χ4v) is 0.873. The van der Waals surface area contributed by atoms with E-state index < -0.39 is 0 Å². The number of carbonyl (C=O) groups is 1. The standard InChI is InChI=1S/C9H18O3/c1-5-7(2)6-9(11-4)12-8(3)10/h7,9H,5-6H2,1-4H3. The van der Waals surface area contributed by atoms with Crippen molar-refractivity contribution in [2.24, 2.45) is 5.92 Å². The summed E-state index contributed by atoms with van der Waals surface area (Å²) in [6.07, 6.45) is 1.46. The number of hydrogen-bond donors (Lipinski definition) is 0. The summed E-state index contributed by atoms with van der Waals surface area (Å²) in [6, 6.07) is 0. The van der Waals surface area contributed by atoms with Gasteiger partial charge < -0.3 is 9.47 Å². The minimum atomic E-state index is -0.377. The summed E-state index contributed by atoms with van der Waals surface area (Å²) in [6.45, 7) is 5.60. The van der Waals surface area contributed by atoms with Gasteiger partial charge in [-0.2, -0.15) is 0 Å². The lowest BCUT2D eigenvalue weighted by Crippen LogP contribution is -2.20. The zero-order valence-electron chi connectivity index (χ0n) is 8.29. The molecule has 0 aromatic rings. The molecule has 0 aliphatic heterocycles. The topological polar surface area (TPSA) is 35.5 Å². The summed E-state index contributed by atoms with van der Waals surface area (Å²) in [5, 5.41) is 0. The van der Waals surface area contributed by atoms with Crippen LogP contribution in [0.4, 0.5) is 0 Å². The van der Waals surface area contributed by atoms with E-state index in [4.69, 9.17) is 9.47 Å². The van der Waals surface area contributed by atoms with Crippen LogP contribution < -0.4 is 0 Å². The van der Waals surface area contributed by atoms with Crippen molar-refractivity contribution in [1.82, 2.24) is 0 Å². The third kappa shape index (κ3) is 5.13. The first kappa shape index (κ1) is 11.4. The first-order chi connectivity index (χ1) is 5.60. The average Bonchev–Trinajstić information content (AvgIpc) is 2.02. The molecule has 2 atom stereocenters. The summed E-state index contributed by atoms with van der Waals surface area (Å²) in [5.41, 5.74) is 0. The average molecular weight is 174 g/mol. The fourth-order valence-electron chi connectivity index (χ4n) is 0.873. The molecule has 0 rings (SSSR count). The lowest BCUT2D eigenvalue weighted by Gasteiger charge is -2.18. The molecule has 3 nitrogen and oxygen atoms in total. The van der Waals surface area contributed by atoms with Gasteiger partial charge in [0.1, 0.15) is 0 Å². The molecule has 0 heterocycles. The van der Waals surface area contributed by atoms with Crippen LogP contribution in [-0.4, -0.2) is 19.4 Å². The highest BCUT2D eigenvalue weighted by molar-refractivity contribution is 5.66. The monoisotopic (exact) mass is 174 g/mol. The maximum Gasteiger partial charge on any atom is 0.304 e. The molecule has 0 saturated heterocycles. The van der Waals surface area contributed by atoms with Crippen molar-refractivity contribution in [1.29, 1.82) is 0 Å². The molecule has 0 aromatic heterocycles. The molecule has 12 heavy (non-hydrogen) atoms. The number of carbonyl (C=O) groups excluding carboxylic acids is 1. The van der Waals surface area contributed by atoms with Crippen molar-refractivity contribution in [3.8, 4) is 0 Å². The molecule has 0 radical (unpaired) electrons. The minimum Gasteiger partial charge on any atom is -0.436 e. The van der Waals surface area contributed by atoms with E-state index >= 15 is 0 Å². The summed E-state index contributed by atoms with van der Waals surface area (Å²) >= 11 is 0. The Morgan fingerprint density at radius 3 is 2.42 bits per heavy atom. The van der Waals surface area contributed by atoms with Crippen LogP contribution in [0.15, 0.2) is 0 Å². The molecule has 0 aromatic carbocycles. The Labute approximate surface area is 74.0 Å². The SMILES string of the molecule is CCC(C)CC(OC)OC(C)=O. The molecule has 0 amide bonds. The predicted octanol–water partition coefficient (Wildman–Crippen LogP) is 1.96. The number of ether oxygens (including phenoxy) is 2. The highest BCUT2D eigenvalue weighted by Gasteiger charge is 2.13. The number of rotatable bonds is 5. The molecule has 0 N–H and O–H groups in total. The van der Waals surface area contributed by atoms with Crippen LogP contribution in [-0.2, 0) is 14.3 Å². The van der Waals surface area contributed by atoms with Gasteiger partial charge in [0.2, 0.25) is 6.29 Å². The third-order valence-electron chi connectivity index (χ3n) is 1.85. The zero-order chi connectivity index (χ0) is 9.56. The van der Waals surface area contributed by atoms with Crippen molar-refractivity contribution < 1.29 is 14.3 Å². The van der Waals surface area contributed by atoms with E-state index in [1.54, 1.807) is 7.11 Å². The van der Waals surface area contributed by atoms with E-state index in [1.165, 1.54) is 6.92 Å². The zero-order valence-corrected chi connectivity index (χ0v) is 8.29. The van der Waals surface area contributed by atoms with E-state index in [2.05, 4.69) is 13.8 Å². The summed E-state index contributed by atoms with van der Waals surface area (Å²) in [7, 11) is 1.55. The molecule has 0 fully saturated rings. The highest BCUT2D eigenvalue weighted by Crippen LogP contribution is 2.12. The fraction of sp³-hybridized carbons (Fsp3) is 0.889. The Hall–Kier alpha value is -0.570. The van der Waals surface area contributed by atoms with Crippen LogP contribution in [0.3, 0.4) is 0 Å². The van der Waals surface area contributed by atoms with Crippen LogP contribution >= 0.6 is 0 Å². The number of methoxy groups -OCH3 is 1. The van der Waals surface area contributed by atoms with E-state index in [0.717, 1.165) is 12.8 Å². The van der Waals surface area contributed by atoms with Crippen LogP contribution in [0.1, 0.15) is 33.6 Å². The van der Waals surface area contributed by atoms with Gasteiger partial charge in [-0.15, -0.1) is 0 Å². The van der Waals surface area contributed by atoms with E-state index in [1.807, 2.05) is 0 Å². The first-order valence-corrected chi connectivity index (χ1v) is 4.30. The van der Waals surface area contributed by atoms with Crippen molar-refractivity contribution >= 4 is 5.97 Å². The van der Waals surface area contributed by atoms with E-state index in [9.17, 15) is 4.79 Å². The van der Waals surface area contributed by atoms with Gasteiger partial charge in [-0.1, -0.05) is 20.3 Å². The highest BCUT2D eigenvalue weighted by atomic mass is 16.7. The molecule has 0 aliphatic carbocycles. The molecule has 0 aliphatic rings. The Morgan fingerprint density at radius 1 is 1.50 bits per heavy atom. The van der Waals surface area contributed by atoms with Crippen LogP contribution in [0.5, 0.6) is 0 Å². The van der Waals surface area contributed by atoms with Crippen molar-refractivity contribution in [3.05, 3.63) is 0 Å². The van der Waals surface area contributed by atoms with Crippen molar-refractivity contribution in [2.45, 2.75) is 39.9 Å². The second-order valence-corrected chi connectivity index (χ2v) is 3.02. The summed E-state index contributed by atoms with van der Waals surface area (Å²) in [5.74, 6) is 0.236. The van der Waals surface area contributed by atoms with Gasteiger partial charge in [-0.3, -0.25) is 4.79 Å². The van der Waals surface area contributed by atoms with Gasteiger partial charge in [-0.25, -0.2) is 0 Å². The largest absolute Gasteiger partial charge is 0.436 e. The lowest BCUT2D eigenvalue weighted by molar-refractivity contribution is -0.173. The second-order valence-electron chi connectivity index (χ2n) is 3.02. The normalized spacial score (nSPS) is 15.3. The Morgan fingerprint density at radius 2 is 2.08 bits per heavy atom. The molecule has 3 heteroatoms. The first-order valence-electron chi connectivity index (χ1n) is 4.30. The number of hydrogen-bond acceptors (Lipinski definition) is 3. The Kier molecular flexibility index (Phi) is 5.72.